The highest BCUT2D eigenvalue weighted by Gasteiger charge is 2.29. The zero-order chi connectivity index (χ0) is 13.0. The summed E-state index contributed by atoms with van der Waals surface area (Å²) in [5.74, 6) is -2.03. The first kappa shape index (κ1) is 13.8. The maximum absolute atomic E-state index is 13.5. The van der Waals surface area contributed by atoms with Crippen molar-refractivity contribution < 1.29 is 18.7 Å². The van der Waals surface area contributed by atoms with Crippen LogP contribution >= 0.6 is 15.9 Å². The summed E-state index contributed by atoms with van der Waals surface area (Å²) in [6.07, 6.45) is -2.71. The van der Waals surface area contributed by atoms with Crippen LogP contribution in [0.15, 0.2) is 28.7 Å². The Labute approximate surface area is 107 Å². The molecule has 0 N–H and O–H groups in total. The molecular formula is C12H12BrFO3. The average molecular weight is 303 g/mol. The van der Waals surface area contributed by atoms with Crippen LogP contribution in [0.25, 0.3) is 0 Å². The molecule has 0 amide bonds. The fourth-order valence-electron chi connectivity index (χ4n) is 1.16. The van der Waals surface area contributed by atoms with E-state index in [0.717, 1.165) is 4.47 Å². The second kappa shape index (κ2) is 5.91. The topological polar surface area (TPSA) is 43.4 Å². The first-order valence-electron chi connectivity index (χ1n) is 5.06. The van der Waals surface area contributed by atoms with E-state index in [2.05, 4.69) is 20.7 Å². The second-order valence-electron chi connectivity index (χ2n) is 3.72. The third kappa shape index (κ3) is 3.93. The largest absolute Gasteiger partial charge is 0.460 e. The van der Waals surface area contributed by atoms with Crippen molar-refractivity contribution >= 4 is 27.7 Å². The standard InChI is InChI=1S/C12H12BrFO3/c1-7(2)17-12(16)10(14)11(15)8-3-5-9(13)6-4-8/h3-7,10H,1-2H3. The lowest BCUT2D eigenvalue weighted by Gasteiger charge is -2.10. The molecule has 3 nitrogen and oxygen atoms in total. The molecule has 0 aliphatic heterocycles. The number of benzene rings is 1. The lowest BCUT2D eigenvalue weighted by molar-refractivity contribution is -0.151. The van der Waals surface area contributed by atoms with E-state index in [0.29, 0.717) is 0 Å². The number of rotatable bonds is 4. The quantitative estimate of drug-likeness (QED) is 0.488. The van der Waals surface area contributed by atoms with Gasteiger partial charge < -0.3 is 4.74 Å². The van der Waals surface area contributed by atoms with Crippen LogP contribution < -0.4 is 0 Å². The van der Waals surface area contributed by atoms with Gasteiger partial charge in [-0.15, -0.1) is 0 Å². The molecule has 0 aromatic heterocycles. The van der Waals surface area contributed by atoms with Crippen molar-refractivity contribution in [3.8, 4) is 0 Å². The van der Waals surface area contributed by atoms with Gasteiger partial charge in [0.1, 0.15) is 0 Å². The lowest BCUT2D eigenvalue weighted by Crippen LogP contribution is -2.29. The van der Waals surface area contributed by atoms with E-state index < -0.39 is 24.0 Å². The van der Waals surface area contributed by atoms with Crippen LogP contribution in [0.4, 0.5) is 4.39 Å². The Kier molecular flexibility index (Phi) is 4.81. The Hall–Kier alpha value is -1.23. The first-order valence-corrected chi connectivity index (χ1v) is 5.85. The normalized spacial score (nSPS) is 12.3. The van der Waals surface area contributed by atoms with E-state index in [4.69, 9.17) is 0 Å². The van der Waals surface area contributed by atoms with Crippen molar-refractivity contribution in [2.45, 2.75) is 26.1 Å². The summed E-state index contributed by atoms with van der Waals surface area (Å²) in [7, 11) is 0. The minimum Gasteiger partial charge on any atom is -0.460 e. The molecule has 0 saturated carbocycles. The molecule has 17 heavy (non-hydrogen) atoms. The van der Waals surface area contributed by atoms with Crippen molar-refractivity contribution in [3.63, 3.8) is 0 Å². The van der Waals surface area contributed by atoms with Gasteiger partial charge >= 0.3 is 5.97 Å². The van der Waals surface area contributed by atoms with E-state index in [-0.39, 0.29) is 5.56 Å². The third-order valence-corrected chi connectivity index (χ3v) is 2.45. The zero-order valence-corrected chi connectivity index (χ0v) is 11.0. The van der Waals surface area contributed by atoms with Crippen LogP contribution in [-0.2, 0) is 9.53 Å². The lowest BCUT2D eigenvalue weighted by atomic mass is 10.1. The molecule has 0 fully saturated rings. The number of carbonyl (C=O) groups is 2. The number of hydrogen-bond donors (Lipinski definition) is 0. The zero-order valence-electron chi connectivity index (χ0n) is 9.44. The highest BCUT2D eigenvalue weighted by Crippen LogP contribution is 2.14. The predicted octanol–water partition coefficient (Wildman–Crippen LogP) is 2.92. The minimum atomic E-state index is -2.27. The van der Waals surface area contributed by atoms with E-state index in [1.165, 1.54) is 12.1 Å². The molecular weight excluding hydrogens is 291 g/mol. The number of carbonyl (C=O) groups excluding carboxylic acids is 2. The number of halogens is 2. The summed E-state index contributed by atoms with van der Waals surface area (Å²) in [6.45, 7) is 3.18. The van der Waals surface area contributed by atoms with Crippen molar-refractivity contribution in [3.05, 3.63) is 34.3 Å². The predicted molar refractivity (Wildman–Crippen MR) is 64.6 cm³/mol. The van der Waals surface area contributed by atoms with Gasteiger partial charge in [-0.2, -0.15) is 0 Å². The summed E-state index contributed by atoms with van der Waals surface area (Å²) in [5.41, 5.74) is 0.140. The smallest absolute Gasteiger partial charge is 0.349 e. The van der Waals surface area contributed by atoms with Gasteiger partial charge in [0, 0.05) is 10.0 Å². The SMILES string of the molecule is CC(C)OC(=O)C(F)C(=O)c1ccc(Br)cc1. The Bertz CT molecular complexity index is 414. The number of alkyl halides is 1. The average Bonchev–Trinajstić information content (AvgIpc) is 2.27. The molecule has 0 heterocycles. The molecule has 1 atom stereocenters. The minimum absolute atomic E-state index is 0.140. The number of esters is 1. The Balaban J connectivity index is 2.76. The molecule has 0 saturated heterocycles. The number of hydrogen-bond acceptors (Lipinski definition) is 3. The molecule has 1 aromatic rings. The van der Waals surface area contributed by atoms with Crippen LogP contribution in [-0.4, -0.2) is 24.0 Å². The molecule has 0 aliphatic carbocycles. The Morgan fingerprint density at radius 3 is 2.24 bits per heavy atom. The second-order valence-corrected chi connectivity index (χ2v) is 4.64. The first-order chi connectivity index (χ1) is 7.91. The van der Waals surface area contributed by atoms with Crippen molar-refractivity contribution in [1.82, 2.24) is 0 Å². The molecule has 1 rings (SSSR count). The Morgan fingerprint density at radius 2 is 1.76 bits per heavy atom. The summed E-state index contributed by atoms with van der Waals surface area (Å²) in [4.78, 5) is 22.8. The molecule has 92 valence electrons. The van der Waals surface area contributed by atoms with E-state index in [9.17, 15) is 14.0 Å². The van der Waals surface area contributed by atoms with Gasteiger partial charge in [-0.1, -0.05) is 28.1 Å². The number of ketones is 1. The van der Waals surface area contributed by atoms with Gasteiger partial charge in [0.2, 0.25) is 5.78 Å². The molecule has 0 bridgehead atoms. The van der Waals surface area contributed by atoms with Crippen molar-refractivity contribution in [2.75, 3.05) is 0 Å². The fourth-order valence-corrected chi connectivity index (χ4v) is 1.42. The van der Waals surface area contributed by atoms with Crippen molar-refractivity contribution in [1.29, 1.82) is 0 Å². The van der Waals surface area contributed by atoms with Crippen LogP contribution in [0.2, 0.25) is 0 Å². The highest BCUT2D eigenvalue weighted by atomic mass is 79.9. The number of Topliss-reactive ketones (excluding diaryl/α,β-unsaturated/α-hetero) is 1. The molecule has 0 aliphatic rings. The molecule has 0 spiro atoms. The maximum atomic E-state index is 13.5. The molecule has 1 aromatic carbocycles. The van der Waals surface area contributed by atoms with Crippen LogP contribution in [0, 0.1) is 0 Å². The van der Waals surface area contributed by atoms with Gasteiger partial charge in [0.25, 0.3) is 6.17 Å². The van der Waals surface area contributed by atoms with Crippen LogP contribution in [0.5, 0.6) is 0 Å². The van der Waals surface area contributed by atoms with Crippen LogP contribution in [0.3, 0.4) is 0 Å². The van der Waals surface area contributed by atoms with Gasteiger partial charge in [-0.05, 0) is 26.0 Å². The molecule has 0 radical (unpaired) electrons. The van der Waals surface area contributed by atoms with Crippen LogP contribution in [0.1, 0.15) is 24.2 Å². The monoisotopic (exact) mass is 302 g/mol. The molecule has 1 unspecified atom stereocenters. The van der Waals surface area contributed by atoms with Gasteiger partial charge in [0.15, 0.2) is 0 Å². The highest BCUT2D eigenvalue weighted by molar-refractivity contribution is 9.10. The third-order valence-electron chi connectivity index (χ3n) is 1.92. The fraction of sp³-hybridized carbons (Fsp3) is 0.333. The van der Waals surface area contributed by atoms with E-state index in [1.54, 1.807) is 26.0 Å². The Morgan fingerprint density at radius 1 is 1.24 bits per heavy atom. The van der Waals surface area contributed by atoms with E-state index in [1.807, 2.05) is 0 Å². The van der Waals surface area contributed by atoms with Crippen molar-refractivity contribution in [2.24, 2.45) is 0 Å². The molecule has 5 heteroatoms. The maximum Gasteiger partial charge on any atom is 0.349 e. The van der Waals surface area contributed by atoms with Gasteiger partial charge in [-0.3, -0.25) is 4.79 Å². The van der Waals surface area contributed by atoms with E-state index >= 15 is 0 Å². The summed E-state index contributed by atoms with van der Waals surface area (Å²) >= 11 is 3.20. The summed E-state index contributed by atoms with van der Waals surface area (Å²) in [5, 5.41) is 0. The number of ether oxygens (including phenoxy) is 1. The summed E-state index contributed by atoms with van der Waals surface area (Å²) in [6, 6.07) is 6.10. The summed E-state index contributed by atoms with van der Waals surface area (Å²) < 4.78 is 18.9. The van der Waals surface area contributed by atoms with Gasteiger partial charge in [-0.25, -0.2) is 9.18 Å². The van der Waals surface area contributed by atoms with Gasteiger partial charge in [0.05, 0.1) is 6.10 Å².